The molecule has 0 amide bonds. The molecular weight excluding hydrogens is 440 g/mol. The molecule has 3 saturated heterocycles. The molecule has 3 heteroatoms. The molecule has 0 spiro atoms. The zero-order valence-corrected chi connectivity index (χ0v) is 21.9. The van der Waals surface area contributed by atoms with Gasteiger partial charge in [-0.1, -0.05) is 43.3 Å². The van der Waals surface area contributed by atoms with Gasteiger partial charge in [-0.3, -0.25) is 0 Å². The molecule has 3 aromatic carbocycles. The standard InChI is InChI=1S/C33H38N2O/c1-4-23-10-9-22(3)34(23)26-15-17-29-31(19-26)36-32-20-27(35-24-11-12-25(35)14-13-24)16-18-30(32)33(29)28-8-6-5-7-21(28)2/h5-8,15-20,22-25,33H,4,9-14H2,1-3H3. The highest BCUT2D eigenvalue weighted by molar-refractivity contribution is 5.67. The molecule has 4 heterocycles. The Labute approximate surface area is 216 Å². The first-order chi connectivity index (χ1) is 17.6. The average Bonchev–Trinajstić information content (AvgIpc) is 3.61. The summed E-state index contributed by atoms with van der Waals surface area (Å²) in [6.45, 7) is 6.94. The second-order valence-electron chi connectivity index (χ2n) is 11.6. The minimum atomic E-state index is 0.196. The molecular formula is C33H38N2O. The fraction of sp³-hybridized carbons (Fsp3) is 0.455. The van der Waals surface area contributed by atoms with Crippen molar-refractivity contribution in [1.29, 1.82) is 0 Å². The van der Waals surface area contributed by atoms with Gasteiger partial charge in [0.1, 0.15) is 11.5 Å². The molecule has 3 atom stereocenters. The van der Waals surface area contributed by atoms with Crippen molar-refractivity contribution in [2.45, 2.75) is 95.8 Å². The third kappa shape index (κ3) is 3.38. The Morgan fingerprint density at radius 2 is 1.33 bits per heavy atom. The van der Waals surface area contributed by atoms with Crippen LogP contribution in [0.3, 0.4) is 0 Å². The lowest BCUT2D eigenvalue weighted by Gasteiger charge is -2.34. The summed E-state index contributed by atoms with van der Waals surface area (Å²) in [6.07, 6.45) is 9.11. The third-order valence-corrected chi connectivity index (χ3v) is 9.64. The maximum atomic E-state index is 6.81. The first kappa shape index (κ1) is 22.3. The van der Waals surface area contributed by atoms with Crippen LogP contribution in [0.1, 0.15) is 87.0 Å². The van der Waals surface area contributed by atoms with Crippen molar-refractivity contribution in [1.82, 2.24) is 0 Å². The van der Waals surface area contributed by atoms with Crippen LogP contribution in [0.2, 0.25) is 0 Å². The van der Waals surface area contributed by atoms with E-state index in [4.69, 9.17) is 4.74 Å². The largest absolute Gasteiger partial charge is 0.457 e. The number of anilines is 2. The average molecular weight is 479 g/mol. The Hall–Kier alpha value is -2.94. The molecule has 3 fully saturated rings. The lowest BCUT2D eigenvalue weighted by molar-refractivity contribution is 0.452. The maximum Gasteiger partial charge on any atom is 0.133 e. The van der Waals surface area contributed by atoms with E-state index >= 15 is 0 Å². The van der Waals surface area contributed by atoms with Crippen molar-refractivity contribution >= 4 is 11.4 Å². The number of hydrogen-bond donors (Lipinski definition) is 0. The van der Waals surface area contributed by atoms with Crippen LogP contribution >= 0.6 is 0 Å². The molecule has 36 heavy (non-hydrogen) atoms. The highest BCUT2D eigenvalue weighted by atomic mass is 16.5. The molecule has 4 aliphatic rings. The van der Waals surface area contributed by atoms with Crippen LogP contribution in [0, 0.1) is 6.92 Å². The lowest BCUT2D eigenvalue weighted by Crippen LogP contribution is -2.34. The van der Waals surface area contributed by atoms with Gasteiger partial charge in [-0.25, -0.2) is 0 Å². The van der Waals surface area contributed by atoms with E-state index in [0.29, 0.717) is 24.2 Å². The highest BCUT2D eigenvalue weighted by Gasteiger charge is 2.40. The summed E-state index contributed by atoms with van der Waals surface area (Å²) >= 11 is 0. The predicted octanol–water partition coefficient (Wildman–Crippen LogP) is 8.18. The van der Waals surface area contributed by atoms with E-state index < -0.39 is 0 Å². The smallest absolute Gasteiger partial charge is 0.133 e. The van der Waals surface area contributed by atoms with E-state index in [1.165, 1.54) is 78.6 Å². The molecule has 0 radical (unpaired) electrons. The molecule has 3 unspecified atom stereocenters. The lowest BCUT2D eigenvalue weighted by atomic mass is 9.80. The zero-order valence-electron chi connectivity index (χ0n) is 21.9. The molecule has 0 saturated carbocycles. The van der Waals surface area contributed by atoms with Gasteiger partial charge in [-0.15, -0.1) is 0 Å². The Balaban J connectivity index is 1.34. The molecule has 0 aliphatic carbocycles. The monoisotopic (exact) mass is 478 g/mol. The van der Waals surface area contributed by atoms with Gasteiger partial charge in [0, 0.05) is 64.7 Å². The molecule has 186 valence electrons. The van der Waals surface area contributed by atoms with Gasteiger partial charge in [0.05, 0.1) is 0 Å². The summed E-state index contributed by atoms with van der Waals surface area (Å²) in [5, 5.41) is 0. The Morgan fingerprint density at radius 3 is 1.94 bits per heavy atom. The van der Waals surface area contributed by atoms with Gasteiger partial charge >= 0.3 is 0 Å². The topological polar surface area (TPSA) is 15.7 Å². The first-order valence-corrected chi connectivity index (χ1v) is 14.2. The van der Waals surface area contributed by atoms with E-state index in [9.17, 15) is 0 Å². The van der Waals surface area contributed by atoms with Crippen LogP contribution in [0.4, 0.5) is 11.4 Å². The van der Waals surface area contributed by atoms with Crippen molar-refractivity contribution < 1.29 is 4.74 Å². The summed E-state index contributed by atoms with van der Waals surface area (Å²) in [5.74, 6) is 2.27. The summed E-state index contributed by atoms with van der Waals surface area (Å²) in [7, 11) is 0. The summed E-state index contributed by atoms with van der Waals surface area (Å²) in [6, 6.07) is 25.6. The van der Waals surface area contributed by atoms with Crippen molar-refractivity contribution in [2.24, 2.45) is 0 Å². The molecule has 4 aliphatic heterocycles. The number of rotatable bonds is 4. The van der Waals surface area contributed by atoms with E-state index in [2.05, 4.69) is 91.2 Å². The molecule has 7 rings (SSSR count). The second kappa shape index (κ2) is 8.57. The van der Waals surface area contributed by atoms with E-state index in [-0.39, 0.29) is 5.92 Å². The fourth-order valence-corrected chi connectivity index (χ4v) is 7.82. The van der Waals surface area contributed by atoms with Gasteiger partial charge < -0.3 is 14.5 Å². The van der Waals surface area contributed by atoms with Crippen LogP contribution in [-0.2, 0) is 0 Å². The molecule has 0 N–H and O–H groups in total. The second-order valence-corrected chi connectivity index (χ2v) is 11.6. The van der Waals surface area contributed by atoms with E-state index in [1.807, 2.05) is 0 Å². The van der Waals surface area contributed by atoms with Gasteiger partial charge in [0.25, 0.3) is 0 Å². The van der Waals surface area contributed by atoms with Crippen LogP contribution in [-0.4, -0.2) is 24.2 Å². The first-order valence-electron chi connectivity index (χ1n) is 14.2. The van der Waals surface area contributed by atoms with Crippen molar-refractivity contribution in [2.75, 3.05) is 9.80 Å². The Morgan fingerprint density at radius 1 is 0.722 bits per heavy atom. The normalized spacial score (nSPS) is 28.2. The van der Waals surface area contributed by atoms with Gasteiger partial charge in [0.15, 0.2) is 0 Å². The number of aryl methyl sites for hydroxylation is 1. The Kier molecular flexibility index (Phi) is 5.30. The van der Waals surface area contributed by atoms with Gasteiger partial charge in [-0.2, -0.15) is 0 Å². The predicted molar refractivity (Wildman–Crippen MR) is 149 cm³/mol. The number of benzene rings is 3. The van der Waals surface area contributed by atoms with Crippen molar-refractivity contribution in [3.8, 4) is 11.5 Å². The van der Waals surface area contributed by atoms with Gasteiger partial charge in [0.2, 0.25) is 0 Å². The highest BCUT2D eigenvalue weighted by Crippen LogP contribution is 2.51. The quantitative estimate of drug-likeness (QED) is 0.294. The maximum absolute atomic E-state index is 6.81. The number of fused-ring (bicyclic) bond motifs is 4. The third-order valence-electron chi connectivity index (χ3n) is 9.64. The number of hydrogen-bond acceptors (Lipinski definition) is 3. The molecule has 3 nitrogen and oxygen atoms in total. The summed E-state index contributed by atoms with van der Waals surface area (Å²) < 4.78 is 6.81. The van der Waals surface area contributed by atoms with Crippen LogP contribution < -0.4 is 14.5 Å². The minimum absolute atomic E-state index is 0.196. The van der Waals surface area contributed by atoms with Crippen LogP contribution in [0.15, 0.2) is 60.7 Å². The molecule has 3 aromatic rings. The minimum Gasteiger partial charge on any atom is -0.457 e. The summed E-state index contributed by atoms with van der Waals surface area (Å²) in [5.41, 5.74) is 7.96. The SMILES string of the molecule is CCC1CCC(C)N1c1ccc2c(c1)Oc1cc(N3C4CCC3CC4)ccc1C2c1ccccc1C. The van der Waals surface area contributed by atoms with E-state index in [0.717, 1.165) is 11.5 Å². The fourth-order valence-electron chi connectivity index (χ4n) is 7.82. The Bertz CT molecular complexity index is 1280. The zero-order chi connectivity index (χ0) is 24.4. The van der Waals surface area contributed by atoms with Crippen molar-refractivity contribution in [3.63, 3.8) is 0 Å². The van der Waals surface area contributed by atoms with Gasteiger partial charge in [-0.05, 0) is 82.1 Å². The van der Waals surface area contributed by atoms with Crippen LogP contribution in [0.5, 0.6) is 11.5 Å². The summed E-state index contributed by atoms with van der Waals surface area (Å²) in [4.78, 5) is 5.33. The van der Waals surface area contributed by atoms with Crippen molar-refractivity contribution in [3.05, 3.63) is 82.9 Å². The molecule has 2 bridgehead atoms. The number of nitrogens with zero attached hydrogens (tertiary/aromatic N) is 2. The number of ether oxygens (including phenoxy) is 1. The molecule has 0 aromatic heterocycles. The van der Waals surface area contributed by atoms with Crippen LogP contribution in [0.25, 0.3) is 0 Å². The van der Waals surface area contributed by atoms with E-state index in [1.54, 1.807) is 0 Å².